The molecule has 0 aromatic heterocycles. The Morgan fingerprint density at radius 3 is 2.24 bits per heavy atom. The van der Waals surface area contributed by atoms with E-state index in [0.29, 0.717) is 5.56 Å². The van der Waals surface area contributed by atoms with Crippen molar-refractivity contribution in [2.45, 2.75) is 16.5 Å². The molecule has 1 unspecified atom stereocenters. The molecule has 0 aliphatic carbocycles. The van der Waals surface area contributed by atoms with E-state index >= 15 is 0 Å². The van der Waals surface area contributed by atoms with Crippen LogP contribution in [-0.2, 0) is 0 Å². The molecule has 2 aromatic carbocycles. The van der Waals surface area contributed by atoms with Crippen molar-refractivity contribution in [2.75, 3.05) is 0 Å². The molecule has 2 aromatic rings. The van der Waals surface area contributed by atoms with Crippen molar-refractivity contribution >= 4 is 27.7 Å². The first-order chi connectivity index (χ1) is 9.78. The Labute approximate surface area is 131 Å². The van der Waals surface area contributed by atoms with Crippen LogP contribution in [-0.4, -0.2) is 10.6 Å². The first-order valence-corrected chi connectivity index (χ1v) is 7.36. The summed E-state index contributed by atoms with van der Waals surface area (Å²) in [6, 6.07) is 9.66. The lowest BCUT2D eigenvalue weighted by atomic mass is 10.0. The summed E-state index contributed by atoms with van der Waals surface area (Å²) in [5.74, 6) is -0.598. The smallest absolute Gasteiger partial charge is 0.384 e. The number of aliphatic hydroxyl groups is 1. The van der Waals surface area contributed by atoms with Crippen LogP contribution in [0.15, 0.2) is 51.8 Å². The van der Waals surface area contributed by atoms with Crippen LogP contribution < -0.4 is 0 Å². The number of aliphatic hydroxyl groups excluding tert-OH is 1. The first kappa shape index (κ1) is 16.3. The Morgan fingerprint density at radius 2 is 1.67 bits per heavy atom. The zero-order chi connectivity index (χ0) is 15.6. The average molecular weight is 381 g/mol. The summed E-state index contributed by atoms with van der Waals surface area (Å²) in [5, 5.41) is 10.1. The molecule has 0 saturated carbocycles. The van der Waals surface area contributed by atoms with E-state index in [1.807, 2.05) is 0 Å². The highest BCUT2D eigenvalue weighted by molar-refractivity contribution is 9.10. The second kappa shape index (κ2) is 6.37. The van der Waals surface area contributed by atoms with Crippen LogP contribution in [0, 0.1) is 5.82 Å². The molecule has 7 heteroatoms. The SMILES string of the molecule is OC(c1ccc(SC(F)(F)F)cc1)c1cccc(Br)c1F. The number of hydrogen-bond acceptors (Lipinski definition) is 2. The van der Waals surface area contributed by atoms with Crippen LogP contribution in [0.2, 0.25) is 0 Å². The van der Waals surface area contributed by atoms with E-state index in [0.717, 1.165) is 0 Å². The molecule has 1 nitrogen and oxygen atoms in total. The fourth-order valence-corrected chi connectivity index (χ4v) is 2.68. The van der Waals surface area contributed by atoms with Gasteiger partial charge in [0, 0.05) is 10.5 Å². The maximum absolute atomic E-state index is 13.9. The number of rotatable bonds is 3. The molecule has 0 amide bonds. The van der Waals surface area contributed by atoms with Gasteiger partial charge in [0.15, 0.2) is 0 Å². The van der Waals surface area contributed by atoms with E-state index in [1.54, 1.807) is 6.07 Å². The van der Waals surface area contributed by atoms with E-state index in [-0.39, 0.29) is 26.7 Å². The Hall–Kier alpha value is -1.05. The molecule has 0 radical (unpaired) electrons. The van der Waals surface area contributed by atoms with Crippen LogP contribution in [0.5, 0.6) is 0 Å². The molecule has 1 atom stereocenters. The lowest BCUT2D eigenvalue weighted by molar-refractivity contribution is -0.0328. The normalized spacial score (nSPS) is 13.2. The van der Waals surface area contributed by atoms with E-state index < -0.39 is 17.4 Å². The number of hydrogen-bond donors (Lipinski definition) is 1. The quantitative estimate of drug-likeness (QED) is 0.577. The molecule has 0 aliphatic heterocycles. The number of thioether (sulfide) groups is 1. The summed E-state index contributed by atoms with van der Waals surface area (Å²) >= 11 is 2.78. The van der Waals surface area contributed by atoms with Gasteiger partial charge in [0.2, 0.25) is 0 Å². The predicted molar refractivity (Wildman–Crippen MR) is 76.5 cm³/mol. The van der Waals surface area contributed by atoms with Gasteiger partial charge in [0.1, 0.15) is 11.9 Å². The molecule has 0 aliphatic rings. The fourth-order valence-electron chi connectivity index (χ4n) is 1.76. The second-order valence-electron chi connectivity index (χ2n) is 4.16. The molecule has 21 heavy (non-hydrogen) atoms. The highest BCUT2D eigenvalue weighted by Gasteiger charge is 2.29. The Bertz CT molecular complexity index is 628. The van der Waals surface area contributed by atoms with Gasteiger partial charge in [-0.2, -0.15) is 13.2 Å². The van der Waals surface area contributed by atoms with Crippen molar-refractivity contribution in [1.82, 2.24) is 0 Å². The van der Waals surface area contributed by atoms with Crippen molar-refractivity contribution in [3.8, 4) is 0 Å². The summed E-state index contributed by atoms with van der Waals surface area (Å²) in [4.78, 5) is 0.00756. The van der Waals surface area contributed by atoms with Gasteiger partial charge in [0.05, 0.1) is 4.47 Å². The average Bonchev–Trinajstić information content (AvgIpc) is 2.40. The van der Waals surface area contributed by atoms with E-state index in [4.69, 9.17) is 0 Å². The third-order valence-corrected chi connectivity index (χ3v) is 4.06. The van der Waals surface area contributed by atoms with Crippen LogP contribution in [0.25, 0.3) is 0 Å². The van der Waals surface area contributed by atoms with Gasteiger partial charge in [-0.15, -0.1) is 0 Å². The maximum Gasteiger partial charge on any atom is 0.446 e. The van der Waals surface area contributed by atoms with Gasteiger partial charge in [-0.3, -0.25) is 0 Å². The third kappa shape index (κ3) is 4.21. The molecular formula is C14H9BrF4OS. The van der Waals surface area contributed by atoms with Crippen molar-refractivity contribution in [3.63, 3.8) is 0 Å². The fraction of sp³-hybridized carbons (Fsp3) is 0.143. The summed E-state index contributed by atoms with van der Waals surface area (Å²) in [6.07, 6.45) is -1.24. The van der Waals surface area contributed by atoms with Gasteiger partial charge < -0.3 is 5.11 Å². The van der Waals surface area contributed by atoms with E-state index in [9.17, 15) is 22.7 Å². The largest absolute Gasteiger partial charge is 0.446 e. The molecule has 112 valence electrons. The van der Waals surface area contributed by atoms with Gasteiger partial charge in [0.25, 0.3) is 0 Å². The minimum absolute atomic E-state index is 0.00756. The highest BCUT2D eigenvalue weighted by atomic mass is 79.9. The van der Waals surface area contributed by atoms with Gasteiger partial charge in [-0.1, -0.05) is 24.3 Å². The van der Waals surface area contributed by atoms with E-state index in [2.05, 4.69) is 15.9 Å². The maximum atomic E-state index is 13.9. The molecular weight excluding hydrogens is 372 g/mol. The number of alkyl halides is 3. The zero-order valence-corrected chi connectivity index (χ0v) is 12.8. The van der Waals surface area contributed by atoms with Crippen LogP contribution in [0.3, 0.4) is 0 Å². The van der Waals surface area contributed by atoms with Crippen LogP contribution in [0.1, 0.15) is 17.2 Å². The zero-order valence-electron chi connectivity index (χ0n) is 10.4. The van der Waals surface area contributed by atoms with Crippen molar-refractivity contribution in [3.05, 3.63) is 63.9 Å². The predicted octanol–water partition coefficient (Wildman–Crippen LogP) is 5.28. The third-order valence-electron chi connectivity index (χ3n) is 2.71. The lowest BCUT2D eigenvalue weighted by Crippen LogP contribution is -2.03. The van der Waals surface area contributed by atoms with Gasteiger partial charge in [-0.05, 0) is 51.5 Å². The monoisotopic (exact) mass is 380 g/mol. The first-order valence-electron chi connectivity index (χ1n) is 5.75. The molecule has 1 N–H and O–H groups in total. The minimum Gasteiger partial charge on any atom is -0.384 e. The Balaban J connectivity index is 2.24. The molecule has 0 fully saturated rings. The highest BCUT2D eigenvalue weighted by Crippen LogP contribution is 2.37. The standard InChI is InChI=1S/C14H9BrF4OS/c15-11-3-1-2-10(12(11)16)13(20)8-4-6-9(7-5-8)21-14(17,18)19/h1-7,13,20H. The molecule has 0 bridgehead atoms. The summed E-state index contributed by atoms with van der Waals surface area (Å²) < 4.78 is 50.8. The molecule has 0 spiro atoms. The van der Waals surface area contributed by atoms with Gasteiger partial charge in [-0.25, -0.2) is 4.39 Å². The molecule has 0 saturated heterocycles. The topological polar surface area (TPSA) is 20.2 Å². The Kier molecular flexibility index (Phi) is 4.95. The number of halogens is 5. The second-order valence-corrected chi connectivity index (χ2v) is 6.16. The van der Waals surface area contributed by atoms with Crippen LogP contribution in [0.4, 0.5) is 17.6 Å². The van der Waals surface area contributed by atoms with Crippen LogP contribution >= 0.6 is 27.7 Å². The summed E-state index contributed by atoms with van der Waals surface area (Å²) in [5.41, 5.74) is -3.99. The Morgan fingerprint density at radius 1 is 1.05 bits per heavy atom. The minimum atomic E-state index is -4.36. The molecule has 0 heterocycles. The van der Waals surface area contributed by atoms with E-state index in [1.165, 1.54) is 36.4 Å². The number of benzene rings is 2. The van der Waals surface area contributed by atoms with Crippen molar-refractivity contribution < 1.29 is 22.7 Å². The lowest BCUT2D eigenvalue weighted by Gasteiger charge is -2.14. The summed E-state index contributed by atoms with van der Waals surface area (Å²) in [7, 11) is 0. The van der Waals surface area contributed by atoms with Gasteiger partial charge >= 0.3 is 5.51 Å². The summed E-state index contributed by atoms with van der Waals surface area (Å²) in [6.45, 7) is 0. The van der Waals surface area contributed by atoms with Crippen molar-refractivity contribution in [2.24, 2.45) is 0 Å². The molecule has 2 rings (SSSR count). The van der Waals surface area contributed by atoms with Crippen molar-refractivity contribution in [1.29, 1.82) is 0 Å².